The van der Waals surface area contributed by atoms with Crippen molar-refractivity contribution < 1.29 is 4.21 Å². The van der Waals surface area contributed by atoms with E-state index in [2.05, 4.69) is 9.36 Å². The van der Waals surface area contributed by atoms with E-state index in [0.717, 1.165) is 0 Å². The molecule has 1 heterocycles. The zero-order chi connectivity index (χ0) is 13.5. The minimum Gasteiger partial charge on any atom is -0.367 e. The molecule has 3 rings (SSSR count). The molecule has 0 spiro atoms. The zero-order valence-electron chi connectivity index (χ0n) is 10.2. The second-order valence-electron chi connectivity index (χ2n) is 4.01. The van der Waals surface area contributed by atoms with E-state index in [4.69, 9.17) is 17.3 Å². The fourth-order valence-electron chi connectivity index (χ4n) is 1.91. The van der Waals surface area contributed by atoms with E-state index in [1.807, 2.05) is 18.2 Å². The number of nitrogens with two attached hydrogens (primary N) is 1. The highest BCUT2D eigenvalue weighted by atomic mass is 79.9. The first-order valence-electron chi connectivity index (χ1n) is 5.55. The average Bonchev–Trinajstić information content (AvgIpc) is 2.41. The predicted molar refractivity (Wildman–Crippen MR) is 86.6 cm³/mol. The summed E-state index contributed by atoms with van der Waals surface area (Å²) in [7, 11) is -2.82. The maximum atomic E-state index is 13.2. The Bertz CT molecular complexity index is 799. The summed E-state index contributed by atoms with van der Waals surface area (Å²) in [6, 6.07) is 14.0. The molecule has 20 heavy (non-hydrogen) atoms. The van der Waals surface area contributed by atoms with Crippen molar-refractivity contribution >= 4 is 50.0 Å². The van der Waals surface area contributed by atoms with Crippen molar-refractivity contribution in [3.63, 3.8) is 0 Å². The van der Waals surface area contributed by atoms with E-state index in [0.29, 0.717) is 20.5 Å². The van der Waals surface area contributed by atoms with Gasteiger partial charge in [-0.15, -0.1) is 17.0 Å². The average molecular weight is 373 g/mol. The van der Waals surface area contributed by atoms with Crippen molar-refractivity contribution in [2.24, 2.45) is 15.1 Å². The number of nitrogens with zero attached hydrogens (tertiary/aromatic N) is 2. The molecule has 0 radical (unpaired) electrons. The van der Waals surface area contributed by atoms with Gasteiger partial charge in [-0.1, -0.05) is 29.8 Å². The molecule has 2 aromatic carbocycles. The van der Waals surface area contributed by atoms with Crippen LogP contribution in [0.4, 0.5) is 5.69 Å². The SMILES string of the molecule is Br.NC1=Nc2ccc(Cl)cc2S(=O)(c2ccccc2)=N1. The number of halogens is 2. The molecule has 2 aromatic rings. The Morgan fingerprint density at radius 2 is 1.80 bits per heavy atom. The van der Waals surface area contributed by atoms with Gasteiger partial charge in [0.25, 0.3) is 0 Å². The van der Waals surface area contributed by atoms with Crippen LogP contribution < -0.4 is 5.73 Å². The van der Waals surface area contributed by atoms with Crippen molar-refractivity contribution in [1.29, 1.82) is 0 Å². The van der Waals surface area contributed by atoms with E-state index in [-0.39, 0.29) is 22.9 Å². The molecule has 0 amide bonds. The fraction of sp³-hybridized carbons (Fsp3) is 0. The van der Waals surface area contributed by atoms with Gasteiger partial charge in [0.05, 0.1) is 15.5 Å². The number of fused-ring (bicyclic) bond motifs is 1. The Labute approximate surface area is 132 Å². The number of hydrogen-bond donors (Lipinski definition) is 1. The van der Waals surface area contributed by atoms with Gasteiger partial charge in [-0.05, 0) is 30.3 Å². The van der Waals surface area contributed by atoms with Gasteiger partial charge in [-0.2, -0.15) is 4.36 Å². The molecule has 0 saturated heterocycles. The third-order valence-electron chi connectivity index (χ3n) is 2.74. The van der Waals surface area contributed by atoms with Gasteiger partial charge < -0.3 is 5.73 Å². The quantitative estimate of drug-likeness (QED) is 0.828. The minimum absolute atomic E-state index is 0. The van der Waals surface area contributed by atoms with Gasteiger partial charge >= 0.3 is 0 Å². The molecule has 1 aliphatic rings. The van der Waals surface area contributed by atoms with Gasteiger partial charge in [0.15, 0.2) is 0 Å². The Morgan fingerprint density at radius 1 is 1.10 bits per heavy atom. The molecular weight excluding hydrogens is 362 g/mol. The molecule has 0 bridgehead atoms. The molecule has 0 saturated carbocycles. The van der Waals surface area contributed by atoms with Crippen LogP contribution >= 0.6 is 28.6 Å². The highest BCUT2D eigenvalue weighted by Gasteiger charge is 2.24. The van der Waals surface area contributed by atoms with Crippen LogP contribution in [-0.4, -0.2) is 10.2 Å². The summed E-state index contributed by atoms with van der Waals surface area (Å²) < 4.78 is 17.3. The molecule has 104 valence electrons. The summed E-state index contributed by atoms with van der Waals surface area (Å²) in [5.74, 6) is 0.0173. The summed E-state index contributed by atoms with van der Waals surface area (Å²) in [6.45, 7) is 0. The van der Waals surface area contributed by atoms with Crippen LogP contribution in [0.2, 0.25) is 5.02 Å². The first-order valence-corrected chi connectivity index (χ1v) is 7.45. The summed E-state index contributed by atoms with van der Waals surface area (Å²) in [5, 5.41) is 0.494. The molecule has 7 heteroatoms. The lowest BCUT2D eigenvalue weighted by atomic mass is 10.3. The summed E-state index contributed by atoms with van der Waals surface area (Å²) >= 11 is 5.98. The maximum Gasteiger partial charge on any atom is 0.229 e. The Morgan fingerprint density at radius 3 is 2.50 bits per heavy atom. The number of aliphatic imine (C=N–C) groups is 1. The smallest absolute Gasteiger partial charge is 0.229 e. The molecule has 4 nitrogen and oxygen atoms in total. The van der Waals surface area contributed by atoms with Gasteiger partial charge in [0.1, 0.15) is 9.73 Å². The molecule has 1 aliphatic heterocycles. The summed E-state index contributed by atoms with van der Waals surface area (Å²) in [5.41, 5.74) is 6.22. The molecule has 2 N–H and O–H groups in total. The fourth-order valence-corrected chi connectivity index (χ4v) is 4.12. The normalized spacial score (nSPS) is 20.1. The van der Waals surface area contributed by atoms with Gasteiger partial charge in [0.2, 0.25) is 5.96 Å². The lowest BCUT2D eigenvalue weighted by Crippen LogP contribution is -2.16. The predicted octanol–water partition coefficient (Wildman–Crippen LogP) is 3.76. The number of benzene rings is 2. The molecule has 1 atom stereocenters. The topological polar surface area (TPSA) is 67.8 Å². The highest BCUT2D eigenvalue weighted by Crippen LogP contribution is 2.36. The van der Waals surface area contributed by atoms with Crippen molar-refractivity contribution in [1.82, 2.24) is 0 Å². The first kappa shape index (κ1) is 15.0. The zero-order valence-corrected chi connectivity index (χ0v) is 13.5. The molecule has 1 unspecified atom stereocenters. The molecule has 0 aromatic heterocycles. The third kappa shape index (κ3) is 2.46. The Balaban J connectivity index is 0.00000147. The van der Waals surface area contributed by atoms with E-state index >= 15 is 0 Å². The molecule has 0 fully saturated rings. The van der Waals surface area contributed by atoms with Crippen LogP contribution in [0.15, 0.2) is 67.7 Å². The van der Waals surface area contributed by atoms with Crippen LogP contribution in [0.1, 0.15) is 0 Å². The largest absolute Gasteiger partial charge is 0.367 e. The van der Waals surface area contributed by atoms with E-state index in [1.54, 1.807) is 30.3 Å². The standard InChI is InChI=1S/C13H10ClN3OS.BrH/c14-9-6-7-11-12(8-9)19(18,17-13(15)16-11)10-4-2-1-3-5-10;/h1-8H,(H2,15,16,17,18);1H. The second kappa shape index (κ2) is 5.55. The van der Waals surface area contributed by atoms with Gasteiger partial charge in [-0.25, -0.2) is 9.20 Å². The monoisotopic (exact) mass is 371 g/mol. The first-order chi connectivity index (χ1) is 9.09. The van der Waals surface area contributed by atoms with Crippen molar-refractivity contribution in [3.05, 3.63) is 53.6 Å². The van der Waals surface area contributed by atoms with Gasteiger partial charge in [-0.3, -0.25) is 0 Å². The van der Waals surface area contributed by atoms with Crippen LogP contribution in [0.5, 0.6) is 0 Å². The lowest BCUT2D eigenvalue weighted by Gasteiger charge is -2.16. The minimum atomic E-state index is -2.82. The highest BCUT2D eigenvalue weighted by molar-refractivity contribution is 8.93. The Kier molecular flexibility index (Phi) is 4.17. The number of guanidine groups is 1. The van der Waals surface area contributed by atoms with Crippen molar-refractivity contribution in [3.8, 4) is 0 Å². The van der Waals surface area contributed by atoms with Crippen molar-refractivity contribution in [2.45, 2.75) is 9.79 Å². The van der Waals surface area contributed by atoms with E-state index in [9.17, 15) is 4.21 Å². The molecule has 0 aliphatic carbocycles. The molecular formula is C13H11BrClN3OS. The van der Waals surface area contributed by atoms with Gasteiger partial charge in [0, 0.05) is 5.02 Å². The number of rotatable bonds is 1. The van der Waals surface area contributed by atoms with Crippen molar-refractivity contribution in [2.75, 3.05) is 0 Å². The summed E-state index contributed by atoms with van der Waals surface area (Å²) in [4.78, 5) is 5.19. The van der Waals surface area contributed by atoms with E-state index < -0.39 is 9.73 Å². The summed E-state index contributed by atoms with van der Waals surface area (Å²) in [6.07, 6.45) is 0. The van der Waals surface area contributed by atoms with Crippen LogP contribution in [0.3, 0.4) is 0 Å². The van der Waals surface area contributed by atoms with E-state index in [1.165, 1.54) is 0 Å². The van der Waals surface area contributed by atoms with Crippen LogP contribution in [0.25, 0.3) is 0 Å². The van der Waals surface area contributed by atoms with Crippen LogP contribution in [-0.2, 0) is 9.73 Å². The van der Waals surface area contributed by atoms with Crippen LogP contribution in [0, 0.1) is 0 Å². The lowest BCUT2D eigenvalue weighted by molar-refractivity contribution is 0.676. The Hall–Kier alpha value is -1.37. The third-order valence-corrected chi connectivity index (χ3v) is 5.25. The second-order valence-corrected chi connectivity index (χ2v) is 6.59. The maximum absolute atomic E-state index is 13.2. The number of hydrogen-bond acceptors (Lipinski definition) is 4.